The summed E-state index contributed by atoms with van der Waals surface area (Å²) in [5, 5.41) is 2.78. The lowest BCUT2D eigenvalue weighted by molar-refractivity contribution is 0.1000. The zero-order chi connectivity index (χ0) is 27.1. The van der Waals surface area contributed by atoms with Crippen LogP contribution in [0, 0.1) is 0 Å². The molecule has 0 saturated carbocycles. The number of nitrogens with two attached hydrogens (primary N) is 1. The summed E-state index contributed by atoms with van der Waals surface area (Å²) in [6, 6.07) is 33.8. The number of amides is 1. The van der Waals surface area contributed by atoms with Crippen LogP contribution in [0.1, 0.15) is 31.8 Å². The minimum absolute atomic E-state index is 0.0358. The minimum Gasteiger partial charge on any atom is -0.366 e. The first-order chi connectivity index (χ1) is 18.9. The molecule has 4 nitrogen and oxygen atoms in total. The number of rotatable bonds is 6. The van der Waals surface area contributed by atoms with Gasteiger partial charge in [0.1, 0.15) is 0 Å². The molecule has 39 heavy (non-hydrogen) atoms. The molecule has 0 aliphatic heterocycles. The Labute approximate surface area is 235 Å². The topological polar surface area (TPSA) is 65.1 Å². The molecule has 0 aliphatic carbocycles. The van der Waals surface area contributed by atoms with Crippen molar-refractivity contribution < 1.29 is 9.59 Å². The largest absolute Gasteiger partial charge is 0.366 e. The number of nitrogens with zero attached hydrogens (tertiary/aromatic N) is 1. The number of primary amides is 1. The lowest BCUT2D eigenvalue weighted by Crippen LogP contribution is -2.11. The van der Waals surface area contributed by atoms with Crippen LogP contribution in [0.3, 0.4) is 0 Å². The van der Waals surface area contributed by atoms with Crippen LogP contribution in [0.5, 0.6) is 0 Å². The Morgan fingerprint density at radius 2 is 1.38 bits per heavy atom. The fourth-order valence-electron chi connectivity index (χ4n) is 5.20. The van der Waals surface area contributed by atoms with Gasteiger partial charge in [-0.2, -0.15) is 0 Å². The van der Waals surface area contributed by atoms with Gasteiger partial charge in [0.25, 0.3) is 0 Å². The van der Waals surface area contributed by atoms with Crippen molar-refractivity contribution in [2.45, 2.75) is 6.54 Å². The van der Waals surface area contributed by atoms with Crippen molar-refractivity contribution >= 4 is 56.7 Å². The molecule has 0 unspecified atom stereocenters. The minimum atomic E-state index is -0.492. The van der Waals surface area contributed by atoms with E-state index in [4.69, 9.17) is 28.9 Å². The molecule has 0 fully saturated rings. The number of carbonyl (C=O) groups is 2. The molecule has 0 saturated heterocycles. The molecule has 0 atom stereocenters. The Morgan fingerprint density at radius 1 is 0.692 bits per heavy atom. The van der Waals surface area contributed by atoms with Crippen molar-refractivity contribution in [1.82, 2.24) is 4.57 Å². The highest BCUT2D eigenvalue weighted by atomic mass is 35.5. The first-order valence-corrected chi connectivity index (χ1v) is 13.2. The van der Waals surface area contributed by atoms with Gasteiger partial charge in [0.2, 0.25) is 5.91 Å². The van der Waals surface area contributed by atoms with Crippen LogP contribution in [0.2, 0.25) is 10.0 Å². The fraction of sp³-hybridized carbons (Fsp3) is 0.0303. The zero-order valence-electron chi connectivity index (χ0n) is 20.7. The van der Waals surface area contributed by atoms with E-state index in [1.54, 1.807) is 6.07 Å². The number of halogens is 2. The van der Waals surface area contributed by atoms with Crippen molar-refractivity contribution in [1.29, 1.82) is 0 Å². The van der Waals surface area contributed by atoms with E-state index in [-0.39, 0.29) is 5.78 Å². The lowest BCUT2D eigenvalue weighted by Gasteiger charge is -2.11. The van der Waals surface area contributed by atoms with Crippen LogP contribution in [-0.4, -0.2) is 16.3 Å². The summed E-state index contributed by atoms with van der Waals surface area (Å²) in [5.74, 6) is -0.528. The molecule has 190 valence electrons. The third-order valence-electron chi connectivity index (χ3n) is 6.97. The van der Waals surface area contributed by atoms with Crippen molar-refractivity contribution in [3.63, 3.8) is 0 Å². The van der Waals surface area contributed by atoms with Crippen molar-refractivity contribution in [2.24, 2.45) is 5.73 Å². The number of benzene rings is 5. The van der Waals surface area contributed by atoms with Gasteiger partial charge >= 0.3 is 0 Å². The first kappa shape index (κ1) is 24.9. The monoisotopic (exact) mass is 548 g/mol. The van der Waals surface area contributed by atoms with Crippen LogP contribution < -0.4 is 5.73 Å². The van der Waals surface area contributed by atoms with Gasteiger partial charge in [-0.3, -0.25) is 9.59 Å². The van der Waals surface area contributed by atoms with Gasteiger partial charge in [-0.25, -0.2) is 0 Å². The molecule has 1 amide bonds. The highest BCUT2D eigenvalue weighted by molar-refractivity contribution is 6.39. The third-order valence-corrected chi connectivity index (χ3v) is 7.60. The van der Waals surface area contributed by atoms with Crippen molar-refractivity contribution in [3.05, 3.63) is 141 Å². The van der Waals surface area contributed by atoms with E-state index in [1.165, 1.54) is 0 Å². The quantitative estimate of drug-likeness (QED) is 0.213. The normalized spacial score (nSPS) is 11.2. The van der Waals surface area contributed by atoms with Gasteiger partial charge in [0.15, 0.2) is 5.78 Å². The second-order valence-corrected chi connectivity index (χ2v) is 10.2. The molecule has 6 rings (SSSR count). The van der Waals surface area contributed by atoms with Gasteiger partial charge < -0.3 is 10.3 Å². The Bertz CT molecular complexity index is 1890. The molecule has 0 aliphatic rings. The second kappa shape index (κ2) is 10.1. The maximum atomic E-state index is 13.1. The molecule has 0 spiro atoms. The highest BCUT2D eigenvalue weighted by Crippen LogP contribution is 2.39. The van der Waals surface area contributed by atoms with E-state index in [0.717, 1.165) is 38.5 Å². The number of fused-ring (bicyclic) bond motifs is 3. The highest BCUT2D eigenvalue weighted by Gasteiger charge is 2.19. The number of hydrogen-bond acceptors (Lipinski definition) is 2. The predicted molar refractivity (Wildman–Crippen MR) is 159 cm³/mol. The van der Waals surface area contributed by atoms with E-state index in [0.29, 0.717) is 33.3 Å². The summed E-state index contributed by atoms with van der Waals surface area (Å²) < 4.78 is 2.14. The smallest absolute Gasteiger partial charge is 0.249 e. The number of aromatic nitrogens is 1. The summed E-state index contributed by atoms with van der Waals surface area (Å²) >= 11 is 13.1. The molecule has 0 bridgehead atoms. The number of carbonyl (C=O) groups excluding carboxylic acids is 2. The van der Waals surface area contributed by atoms with E-state index >= 15 is 0 Å². The maximum absolute atomic E-state index is 13.1. The molecule has 6 heteroatoms. The van der Waals surface area contributed by atoms with Crippen LogP contribution in [0.4, 0.5) is 0 Å². The second-order valence-electron chi connectivity index (χ2n) is 9.37. The summed E-state index contributed by atoms with van der Waals surface area (Å²) in [5.41, 5.74) is 11.8. The first-order valence-electron chi connectivity index (χ1n) is 12.4. The Balaban J connectivity index is 1.54. The van der Waals surface area contributed by atoms with Gasteiger partial charge in [-0.1, -0.05) is 96.0 Å². The average Bonchev–Trinajstić information content (AvgIpc) is 3.26. The molecular weight excluding hydrogens is 527 g/mol. The van der Waals surface area contributed by atoms with E-state index in [2.05, 4.69) is 4.57 Å². The molecule has 1 heterocycles. The average molecular weight is 549 g/mol. The summed E-state index contributed by atoms with van der Waals surface area (Å²) in [6.07, 6.45) is 0. The molecule has 0 radical (unpaired) electrons. The molecule has 6 aromatic rings. The van der Waals surface area contributed by atoms with E-state index < -0.39 is 5.91 Å². The van der Waals surface area contributed by atoms with Gasteiger partial charge in [0, 0.05) is 49.6 Å². The van der Waals surface area contributed by atoms with Crippen LogP contribution >= 0.6 is 23.2 Å². The van der Waals surface area contributed by atoms with Crippen molar-refractivity contribution in [3.8, 4) is 11.1 Å². The van der Waals surface area contributed by atoms with E-state index in [9.17, 15) is 9.59 Å². The summed E-state index contributed by atoms with van der Waals surface area (Å²) in [7, 11) is 0. The Kier molecular flexibility index (Phi) is 6.43. The molecule has 1 aromatic heterocycles. The third kappa shape index (κ3) is 4.48. The van der Waals surface area contributed by atoms with Crippen LogP contribution in [0.25, 0.3) is 32.9 Å². The Hall–Kier alpha value is -4.38. The summed E-state index contributed by atoms with van der Waals surface area (Å²) in [4.78, 5) is 25.5. The predicted octanol–water partition coefficient (Wildman–Crippen LogP) is 8.15. The zero-order valence-corrected chi connectivity index (χ0v) is 22.2. The van der Waals surface area contributed by atoms with Crippen molar-refractivity contribution in [2.75, 3.05) is 0 Å². The standard InChI is InChI=1S/C33H22Cl2N2O2/c34-26-12-6-13-27(35)30(26)22-15-16-24-29(18-22)37(28-14-5-11-25(31(24)28)33(36)39)19-20-7-4-10-23(17-20)32(38)21-8-2-1-3-9-21/h1-18H,19H2,(H2,36,39). The molecule has 2 N–H and O–H groups in total. The Morgan fingerprint density at radius 3 is 2.13 bits per heavy atom. The van der Waals surface area contributed by atoms with Gasteiger partial charge in [0.05, 0.1) is 11.0 Å². The van der Waals surface area contributed by atoms with Gasteiger partial charge in [-0.15, -0.1) is 0 Å². The molecular formula is C33H22Cl2N2O2. The van der Waals surface area contributed by atoms with Crippen LogP contribution in [-0.2, 0) is 6.54 Å². The fourth-order valence-corrected chi connectivity index (χ4v) is 5.81. The van der Waals surface area contributed by atoms with E-state index in [1.807, 2.05) is 103 Å². The lowest BCUT2D eigenvalue weighted by atomic mass is 10.0. The number of ketones is 1. The number of hydrogen-bond donors (Lipinski definition) is 1. The van der Waals surface area contributed by atoms with Crippen LogP contribution in [0.15, 0.2) is 109 Å². The maximum Gasteiger partial charge on any atom is 0.249 e. The summed E-state index contributed by atoms with van der Waals surface area (Å²) in [6.45, 7) is 0.470. The van der Waals surface area contributed by atoms with Gasteiger partial charge in [-0.05, 0) is 47.5 Å². The SMILES string of the molecule is NC(=O)c1cccc2c1c1ccc(-c3c(Cl)cccc3Cl)cc1n2Cc1cccc(C(=O)c2ccccc2)c1. The molecule has 5 aromatic carbocycles.